The molecule has 0 unspecified atom stereocenters. The van der Waals surface area contributed by atoms with Gasteiger partial charge in [-0.1, -0.05) is 0 Å². The van der Waals surface area contributed by atoms with Crippen LogP contribution in [-0.2, 0) is 6.54 Å². The third-order valence-electron chi connectivity index (χ3n) is 3.65. The summed E-state index contributed by atoms with van der Waals surface area (Å²) in [5.41, 5.74) is 7.65. The summed E-state index contributed by atoms with van der Waals surface area (Å²) in [5.74, 6) is -0.507. The topological polar surface area (TPSA) is 93.0 Å². The molecule has 3 aromatic rings. The maximum Gasteiger partial charge on any atom is 0.272 e. The smallest absolute Gasteiger partial charge is 0.272 e. The number of carbonyl (C=O) groups is 1. The number of amides is 1. The Hall–Kier alpha value is -3.16. The van der Waals surface area contributed by atoms with Crippen LogP contribution in [0.2, 0.25) is 0 Å². The van der Waals surface area contributed by atoms with Crippen molar-refractivity contribution in [1.82, 2.24) is 9.97 Å². The lowest BCUT2D eigenvalue weighted by atomic mass is 10.1. The van der Waals surface area contributed by atoms with Gasteiger partial charge in [-0.3, -0.25) is 4.79 Å². The van der Waals surface area contributed by atoms with Gasteiger partial charge in [-0.05, 0) is 35.9 Å². The van der Waals surface area contributed by atoms with Crippen molar-refractivity contribution in [3.05, 3.63) is 53.9 Å². The summed E-state index contributed by atoms with van der Waals surface area (Å²) < 4.78 is 30.0. The van der Waals surface area contributed by atoms with Crippen LogP contribution in [0.3, 0.4) is 0 Å². The molecule has 2 aromatic heterocycles. The van der Waals surface area contributed by atoms with Crippen molar-refractivity contribution in [1.29, 1.82) is 0 Å². The summed E-state index contributed by atoms with van der Waals surface area (Å²) in [4.78, 5) is 18.5. The van der Waals surface area contributed by atoms with Gasteiger partial charge in [0.15, 0.2) is 0 Å². The normalized spacial score (nSPS) is 11.0. The SMILES string of the molecule is NC(=O)c1ccc(NCc2ccnc3[nH]ccc23)c(OCC(F)F)c1. The van der Waals surface area contributed by atoms with Crippen molar-refractivity contribution in [3.63, 3.8) is 0 Å². The number of H-pyrrole nitrogens is 1. The second-order valence-electron chi connectivity index (χ2n) is 5.34. The molecule has 0 saturated carbocycles. The summed E-state index contributed by atoms with van der Waals surface area (Å²) in [6.45, 7) is -0.341. The van der Waals surface area contributed by atoms with Gasteiger partial charge in [-0.15, -0.1) is 0 Å². The molecule has 2 heterocycles. The van der Waals surface area contributed by atoms with Crippen LogP contribution < -0.4 is 15.8 Å². The van der Waals surface area contributed by atoms with Gasteiger partial charge in [-0.25, -0.2) is 13.8 Å². The van der Waals surface area contributed by atoms with E-state index in [1.54, 1.807) is 18.5 Å². The van der Waals surface area contributed by atoms with E-state index in [0.29, 0.717) is 12.2 Å². The number of primary amides is 1. The van der Waals surface area contributed by atoms with Crippen LogP contribution >= 0.6 is 0 Å². The Labute approximate surface area is 142 Å². The van der Waals surface area contributed by atoms with Crippen molar-refractivity contribution < 1.29 is 18.3 Å². The first-order valence-corrected chi connectivity index (χ1v) is 7.54. The van der Waals surface area contributed by atoms with E-state index in [2.05, 4.69) is 15.3 Å². The molecule has 3 rings (SSSR count). The van der Waals surface area contributed by atoms with Crippen molar-refractivity contribution in [3.8, 4) is 5.75 Å². The Bertz CT molecular complexity index is 895. The van der Waals surface area contributed by atoms with E-state index < -0.39 is 18.9 Å². The number of aromatic amines is 1. The Morgan fingerprint density at radius 3 is 2.92 bits per heavy atom. The van der Waals surface area contributed by atoms with Crippen LogP contribution in [0.5, 0.6) is 5.75 Å². The van der Waals surface area contributed by atoms with Gasteiger partial charge in [0, 0.05) is 29.9 Å². The lowest BCUT2D eigenvalue weighted by Crippen LogP contribution is -2.13. The second-order valence-corrected chi connectivity index (χ2v) is 5.34. The van der Waals surface area contributed by atoms with E-state index >= 15 is 0 Å². The van der Waals surface area contributed by atoms with Crippen LogP contribution in [0.4, 0.5) is 14.5 Å². The highest BCUT2D eigenvalue weighted by molar-refractivity contribution is 5.94. The highest BCUT2D eigenvalue weighted by Crippen LogP contribution is 2.27. The van der Waals surface area contributed by atoms with Gasteiger partial charge in [0.1, 0.15) is 18.0 Å². The van der Waals surface area contributed by atoms with E-state index in [0.717, 1.165) is 16.6 Å². The van der Waals surface area contributed by atoms with Gasteiger partial charge in [0.25, 0.3) is 6.43 Å². The molecule has 1 aromatic carbocycles. The van der Waals surface area contributed by atoms with Gasteiger partial charge >= 0.3 is 0 Å². The third kappa shape index (κ3) is 3.85. The molecule has 0 aliphatic carbocycles. The standard InChI is InChI=1S/C17H16F2N4O2/c18-15(19)9-25-14-7-10(16(20)24)1-2-13(14)23-8-11-3-5-21-17-12(11)4-6-22-17/h1-7,15,23H,8-9H2,(H2,20,24)(H,21,22). The minimum Gasteiger partial charge on any atom is -0.485 e. The zero-order valence-electron chi connectivity index (χ0n) is 13.1. The van der Waals surface area contributed by atoms with E-state index in [4.69, 9.17) is 10.5 Å². The van der Waals surface area contributed by atoms with Gasteiger partial charge in [0.2, 0.25) is 5.91 Å². The van der Waals surface area contributed by atoms with Crippen molar-refractivity contribution >= 4 is 22.6 Å². The molecule has 0 bridgehead atoms. The lowest BCUT2D eigenvalue weighted by molar-refractivity contribution is 0.0821. The van der Waals surface area contributed by atoms with Crippen LogP contribution in [0.15, 0.2) is 42.7 Å². The van der Waals surface area contributed by atoms with Gasteiger partial charge in [0.05, 0.1) is 5.69 Å². The quantitative estimate of drug-likeness (QED) is 0.613. The number of fused-ring (bicyclic) bond motifs is 1. The number of alkyl halides is 2. The summed E-state index contributed by atoms with van der Waals surface area (Å²) in [6, 6.07) is 8.21. The Kier molecular flexibility index (Phi) is 4.78. The highest BCUT2D eigenvalue weighted by atomic mass is 19.3. The zero-order chi connectivity index (χ0) is 17.8. The van der Waals surface area contributed by atoms with E-state index in [1.165, 1.54) is 12.1 Å². The molecule has 1 amide bonds. The molecule has 8 heteroatoms. The lowest BCUT2D eigenvalue weighted by Gasteiger charge is -2.14. The molecule has 0 atom stereocenters. The molecule has 4 N–H and O–H groups in total. The number of nitrogens with two attached hydrogens (primary N) is 1. The molecule has 0 aliphatic heterocycles. The molecule has 130 valence electrons. The number of nitrogens with zero attached hydrogens (tertiary/aromatic N) is 1. The molecule has 6 nitrogen and oxygen atoms in total. The van der Waals surface area contributed by atoms with Gasteiger partial charge < -0.3 is 20.8 Å². The number of hydrogen-bond acceptors (Lipinski definition) is 4. The van der Waals surface area contributed by atoms with Crippen LogP contribution in [0.25, 0.3) is 11.0 Å². The van der Waals surface area contributed by atoms with Crippen molar-refractivity contribution in [2.45, 2.75) is 13.0 Å². The Morgan fingerprint density at radius 1 is 1.32 bits per heavy atom. The first-order valence-electron chi connectivity index (χ1n) is 7.54. The first-order chi connectivity index (χ1) is 12.0. The average Bonchev–Trinajstić information content (AvgIpc) is 3.07. The number of rotatable bonds is 7. The fourth-order valence-corrected chi connectivity index (χ4v) is 2.46. The van der Waals surface area contributed by atoms with Crippen LogP contribution in [-0.4, -0.2) is 28.9 Å². The predicted molar refractivity (Wildman–Crippen MR) is 89.9 cm³/mol. The maximum absolute atomic E-state index is 12.5. The number of nitrogens with one attached hydrogen (secondary N) is 2. The molecule has 0 spiro atoms. The highest BCUT2D eigenvalue weighted by Gasteiger charge is 2.12. The molecule has 0 saturated heterocycles. The largest absolute Gasteiger partial charge is 0.485 e. The number of hydrogen-bond donors (Lipinski definition) is 3. The summed E-state index contributed by atoms with van der Waals surface area (Å²) in [5, 5.41) is 4.09. The zero-order valence-corrected chi connectivity index (χ0v) is 13.1. The number of carbonyl (C=O) groups excluding carboxylic acids is 1. The molecule has 0 fully saturated rings. The monoisotopic (exact) mass is 346 g/mol. The molecule has 0 radical (unpaired) electrons. The number of pyridine rings is 1. The average molecular weight is 346 g/mol. The maximum atomic E-state index is 12.5. The predicted octanol–water partition coefficient (Wildman–Crippen LogP) is 2.92. The number of halogens is 2. The van der Waals surface area contributed by atoms with Crippen LogP contribution in [0.1, 0.15) is 15.9 Å². The van der Waals surface area contributed by atoms with E-state index in [-0.39, 0.29) is 11.3 Å². The van der Waals surface area contributed by atoms with Crippen molar-refractivity contribution in [2.75, 3.05) is 11.9 Å². The molecule has 25 heavy (non-hydrogen) atoms. The molecular weight excluding hydrogens is 330 g/mol. The second kappa shape index (κ2) is 7.16. The Balaban J connectivity index is 1.83. The fourth-order valence-electron chi connectivity index (χ4n) is 2.46. The van der Waals surface area contributed by atoms with E-state index in [9.17, 15) is 13.6 Å². The van der Waals surface area contributed by atoms with E-state index in [1.807, 2.05) is 12.1 Å². The number of aromatic nitrogens is 2. The molecule has 0 aliphatic rings. The first kappa shape index (κ1) is 16.7. The number of ether oxygens (including phenoxy) is 1. The van der Waals surface area contributed by atoms with Gasteiger partial charge in [-0.2, -0.15) is 0 Å². The summed E-state index contributed by atoms with van der Waals surface area (Å²) in [6.07, 6.45) is 0.852. The summed E-state index contributed by atoms with van der Waals surface area (Å²) >= 11 is 0. The minimum atomic E-state index is -2.62. The summed E-state index contributed by atoms with van der Waals surface area (Å²) in [7, 11) is 0. The minimum absolute atomic E-state index is 0.149. The Morgan fingerprint density at radius 2 is 2.16 bits per heavy atom. The van der Waals surface area contributed by atoms with Crippen LogP contribution in [0, 0.1) is 0 Å². The number of anilines is 1. The van der Waals surface area contributed by atoms with Crippen molar-refractivity contribution in [2.24, 2.45) is 5.73 Å². The third-order valence-corrected chi connectivity index (χ3v) is 3.65. The molecular formula is C17H16F2N4O2. The fraction of sp³-hybridized carbons (Fsp3) is 0.176. The number of benzene rings is 1.